The van der Waals surface area contributed by atoms with Gasteiger partial charge in [-0.3, -0.25) is 0 Å². The first kappa shape index (κ1) is 16.3. The van der Waals surface area contributed by atoms with Crippen molar-refractivity contribution in [2.75, 3.05) is 13.1 Å². The molecular weight excluding hydrogens is 324 g/mol. The van der Waals surface area contributed by atoms with Crippen molar-refractivity contribution in [1.82, 2.24) is 9.47 Å². The molecule has 2 N–H and O–H groups in total. The van der Waals surface area contributed by atoms with Crippen LogP contribution in [-0.4, -0.2) is 34.7 Å². The molecule has 26 heavy (non-hydrogen) atoms. The van der Waals surface area contributed by atoms with E-state index in [2.05, 4.69) is 61.7 Å². The maximum Gasteiger partial charge on any atom is 0.286 e. The zero-order valence-corrected chi connectivity index (χ0v) is 14.9. The van der Waals surface area contributed by atoms with Crippen LogP contribution in [0.3, 0.4) is 0 Å². The molecule has 1 aliphatic heterocycles. The second-order valence-electron chi connectivity index (χ2n) is 6.56. The Balaban J connectivity index is 1.52. The quantitative estimate of drug-likeness (QED) is 0.342. The fourth-order valence-corrected chi connectivity index (χ4v) is 3.35. The monoisotopic (exact) mass is 347 g/mol. The Labute approximate surface area is 152 Å². The van der Waals surface area contributed by atoms with E-state index in [1.54, 1.807) is 6.21 Å². The fourth-order valence-electron chi connectivity index (χ4n) is 3.35. The van der Waals surface area contributed by atoms with Crippen LogP contribution in [0.25, 0.3) is 16.9 Å². The van der Waals surface area contributed by atoms with Crippen molar-refractivity contribution in [2.24, 2.45) is 23.0 Å². The maximum absolute atomic E-state index is 5.95. The summed E-state index contributed by atoms with van der Waals surface area (Å²) < 4.78 is 4.31. The first-order valence-corrected chi connectivity index (χ1v) is 8.90. The summed E-state index contributed by atoms with van der Waals surface area (Å²) >= 11 is 0. The molecule has 1 saturated heterocycles. The number of nitrogens with zero attached hydrogens (tertiary/aromatic N) is 5. The van der Waals surface area contributed by atoms with Gasteiger partial charge in [0.15, 0.2) is 5.69 Å². The average Bonchev–Trinajstić information content (AvgIpc) is 3.31. The molecule has 0 aliphatic carbocycles. The lowest BCUT2D eigenvalue weighted by molar-refractivity contribution is -0.510. The van der Waals surface area contributed by atoms with Gasteiger partial charge in [-0.15, -0.1) is 5.10 Å². The van der Waals surface area contributed by atoms with Crippen molar-refractivity contribution >= 4 is 17.8 Å². The maximum atomic E-state index is 5.95. The van der Waals surface area contributed by atoms with Gasteiger partial charge in [0.05, 0.1) is 19.5 Å². The van der Waals surface area contributed by atoms with Gasteiger partial charge in [0.2, 0.25) is 5.96 Å². The lowest BCUT2D eigenvalue weighted by Gasteiger charge is -2.13. The number of imidazole rings is 1. The molecule has 1 fully saturated rings. The van der Waals surface area contributed by atoms with Gasteiger partial charge in [-0.05, 0) is 36.6 Å². The minimum Gasteiger partial charge on any atom is -0.368 e. The van der Waals surface area contributed by atoms with Crippen molar-refractivity contribution in [3.63, 3.8) is 0 Å². The van der Waals surface area contributed by atoms with Crippen LogP contribution in [-0.2, 0) is 7.05 Å². The topological polar surface area (TPSA) is 63.0 Å². The van der Waals surface area contributed by atoms with E-state index in [1.807, 2.05) is 24.3 Å². The first-order chi connectivity index (χ1) is 12.7. The highest BCUT2D eigenvalue weighted by Crippen LogP contribution is 2.19. The number of nitrogens with two attached hydrogens (primary N) is 1. The van der Waals surface area contributed by atoms with Gasteiger partial charge in [-0.25, -0.2) is 8.97 Å². The molecule has 3 heterocycles. The summed E-state index contributed by atoms with van der Waals surface area (Å²) in [5.41, 5.74) is 10.4. The smallest absolute Gasteiger partial charge is 0.286 e. The molecule has 0 amide bonds. The molecule has 6 heteroatoms. The predicted octanol–water partition coefficient (Wildman–Crippen LogP) is 2.18. The van der Waals surface area contributed by atoms with Crippen LogP contribution in [0.4, 0.5) is 0 Å². The summed E-state index contributed by atoms with van der Waals surface area (Å²) in [6.45, 7) is 1.95. The van der Waals surface area contributed by atoms with Crippen LogP contribution in [0.5, 0.6) is 0 Å². The number of aryl methyl sites for hydroxylation is 1. The summed E-state index contributed by atoms with van der Waals surface area (Å²) in [7, 11) is 2.08. The van der Waals surface area contributed by atoms with Gasteiger partial charge in [-0.2, -0.15) is 5.10 Å². The van der Waals surface area contributed by atoms with E-state index < -0.39 is 0 Å². The van der Waals surface area contributed by atoms with Crippen molar-refractivity contribution in [2.45, 2.75) is 12.8 Å². The number of benzene rings is 1. The number of likely N-dealkylation sites (tertiary alicyclic amines) is 1. The molecule has 0 spiro atoms. The Hall–Kier alpha value is -3.15. The molecule has 3 aromatic rings. The van der Waals surface area contributed by atoms with Gasteiger partial charge in [-0.1, -0.05) is 18.2 Å². The van der Waals surface area contributed by atoms with Gasteiger partial charge >= 0.3 is 0 Å². The summed E-state index contributed by atoms with van der Waals surface area (Å²) in [6, 6.07) is 14.5. The number of hydrogen-bond donors (Lipinski definition) is 1. The van der Waals surface area contributed by atoms with E-state index in [-0.39, 0.29) is 0 Å². The number of pyridine rings is 1. The second-order valence-corrected chi connectivity index (χ2v) is 6.56. The summed E-state index contributed by atoms with van der Waals surface area (Å²) in [4.78, 5) is 2.07. The Morgan fingerprint density at radius 2 is 1.88 bits per heavy atom. The SMILES string of the molecule is Cn1c(-c2ccc(/C=N/N=C(\N)N3CCCC3)cc2)c[n+]2ccccc12. The molecule has 1 aliphatic rings. The van der Waals surface area contributed by atoms with Crippen molar-refractivity contribution in [1.29, 1.82) is 0 Å². The molecular formula is C20H23N6+. The van der Waals surface area contributed by atoms with E-state index in [4.69, 9.17) is 5.73 Å². The molecule has 0 atom stereocenters. The van der Waals surface area contributed by atoms with Crippen LogP contribution in [0, 0.1) is 0 Å². The molecule has 0 unspecified atom stereocenters. The minimum atomic E-state index is 0.503. The van der Waals surface area contributed by atoms with Crippen LogP contribution in [0.15, 0.2) is 65.1 Å². The van der Waals surface area contributed by atoms with Gasteiger partial charge in [0.1, 0.15) is 6.20 Å². The molecule has 0 bridgehead atoms. The molecule has 2 aromatic heterocycles. The summed E-state index contributed by atoms with van der Waals surface area (Å²) in [5, 5.41) is 8.24. The molecule has 6 nitrogen and oxygen atoms in total. The highest BCUT2D eigenvalue weighted by molar-refractivity contribution is 5.83. The van der Waals surface area contributed by atoms with Crippen molar-refractivity contribution in [3.05, 3.63) is 60.4 Å². The Morgan fingerprint density at radius 1 is 1.12 bits per heavy atom. The average molecular weight is 347 g/mol. The lowest BCUT2D eigenvalue weighted by atomic mass is 10.1. The van der Waals surface area contributed by atoms with Crippen LogP contribution < -0.4 is 10.1 Å². The van der Waals surface area contributed by atoms with Crippen LogP contribution in [0.1, 0.15) is 18.4 Å². The molecule has 132 valence electrons. The summed E-state index contributed by atoms with van der Waals surface area (Å²) in [5.74, 6) is 0.503. The number of rotatable bonds is 3. The second kappa shape index (κ2) is 7.00. The van der Waals surface area contributed by atoms with E-state index >= 15 is 0 Å². The highest BCUT2D eigenvalue weighted by atomic mass is 15.3. The predicted molar refractivity (Wildman–Crippen MR) is 104 cm³/mol. The van der Waals surface area contributed by atoms with E-state index in [1.165, 1.54) is 12.8 Å². The van der Waals surface area contributed by atoms with Crippen molar-refractivity contribution in [3.8, 4) is 11.3 Å². The third kappa shape index (κ3) is 3.18. The molecule has 0 radical (unpaired) electrons. The Bertz CT molecular complexity index is 962. The largest absolute Gasteiger partial charge is 0.368 e. The van der Waals surface area contributed by atoms with Gasteiger partial charge in [0, 0.05) is 24.7 Å². The number of fused-ring (bicyclic) bond motifs is 1. The minimum absolute atomic E-state index is 0.503. The summed E-state index contributed by atoms with van der Waals surface area (Å²) in [6.07, 6.45) is 8.28. The number of guanidine groups is 1. The van der Waals surface area contributed by atoms with E-state index in [0.717, 1.165) is 35.6 Å². The Kier molecular flexibility index (Phi) is 4.39. The fraction of sp³-hybridized carbons (Fsp3) is 0.250. The Morgan fingerprint density at radius 3 is 2.62 bits per heavy atom. The zero-order chi connectivity index (χ0) is 17.9. The van der Waals surface area contributed by atoms with Gasteiger partial charge < -0.3 is 10.6 Å². The zero-order valence-electron chi connectivity index (χ0n) is 14.9. The van der Waals surface area contributed by atoms with Gasteiger partial charge in [0.25, 0.3) is 5.65 Å². The molecule has 1 aromatic carbocycles. The normalized spacial score (nSPS) is 15.4. The standard InChI is InChI=1S/C20H23N6/c1-24-18(15-26-13-3-2-6-19(24)26)17-9-7-16(8-10-17)14-22-23-20(21)25-11-4-5-12-25/h2-3,6-10,13-15H,4-5,11-12H2,1H3,(H2,21,23)/q+1/b22-14+. The lowest BCUT2D eigenvalue weighted by Crippen LogP contribution is -2.34. The first-order valence-electron chi connectivity index (χ1n) is 8.90. The number of aromatic nitrogens is 2. The highest BCUT2D eigenvalue weighted by Gasteiger charge is 2.15. The van der Waals surface area contributed by atoms with Crippen molar-refractivity contribution < 1.29 is 4.40 Å². The number of hydrogen-bond acceptors (Lipinski definition) is 2. The van der Waals surface area contributed by atoms with Crippen LogP contribution in [0.2, 0.25) is 0 Å². The van der Waals surface area contributed by atoms with E-state index in [0.29, 0.717) is 5.96 Å². The third-order valence-corrected chi connectivity index (χ3v) is 4.84. The third-order valence-electron chi connectivity index (χ3n) is 4.84. The molecule has 4 rings (SSSR count). The molecule has 0 saturated carbocycles. The van der Waals surface area contributed by atoms with E-state index in [9.17, 15) is 0 Å². The van der Waals surface area contributed by atoms with Crippen LogP contribution >= 0.6 is 0 Å².